The maximum Gasteiger partial charge on any atom is 0.196 e. The highest BCUT2D eigenvalue weighted by Gasteiger charge is 2.33. The second-order valence-corrected chi connectivity index (χ2v) is 9.89. The number of ketones is 4. The Morgan fingerprint density at radius 1 is 0.651 bits per heavy atom. The molecule has 0 amide bonds. The van der Waals surface area contributed by atoms with Gasteiger partial charge in [0.05, 0.1) is 28.0 Å². The van der Waals surface area contributed by atoms with Crippen LogP contribution in [0.3, 0.4) is 0 Å². The van der Waals surface area contributed by atoms with Crippen LogP contribution >= 0.6 is 0 Å². The van der Waals surface area contributed by atoms with E-state index in [0.717, 1.165) is 24.0 Å². The average Bonchev–Trinajstić information content (AvgIpc) is 3.47. The van der Waals surface area contributed by atoms with E-state index in [-0.39, 0.29) is 34.4 Å². The highest BCUT2D eigenvalue weighted by molar-refractivity contribution is 6.32. The number of carbonyl (C=O) groups is 5. The largest absolute Gasteiger partial charge is 0.397 e. The zero-order chi connectivity index (χ0) is 30.8. The van der Waals surface area contributed by atoms with Crippen LogP contribution in [-0.4, -0.2) is 39.4 Å². The number of nitrogens with two attached hydrogens (primary N) is 2. The molecule has 5 N–H and O–H groups in total. The maximum atomic E-state index is 12.8. The van der Waals surface area contributed by atoms with Crippen LogP contribution in [0.2, 0.25) is 0 Å². The molecule has 0 atom stereocenters. The lowest BCUT2D eigenvalue weighted by molar-refractivity contribution is -0.107. The molecule has 43 heavy (non-hydrogen) atoms. The first-order valence-electron chi connectivity index (χ1n) is 13.7. The minimum Gasteiger partial charge on any atom is -0.397 e. The molecule has 0 spiro atoms. The summed E-state index contributed by atoms with van der Waals surface area (Å²) < 4.78 is 0. The molecule has 0 aliphatic heterocycles. The van der Waals surface area contributed by atoms with Crippen molar-refractivity contribution in [3.63, 3.8) is 0 Å². The van der Waals surface area contributed by atoms with Crippen molar-refractivity contribution in [2.45, 2.75) is 26.7 Å². The van der Waals surface area contributed by atoms with Gasteiger partial charge in [-0.15, -0.1) is 0 Å². The SMILES string of the molecule is CCC=O.CCc1nc2c3c(ccc2[nH]1)C(=O)c1ccccc1C3=O.Nc1ccc2c(c1N)C(=O)c1ccccc1C2=O. The summed E-state index contributed by atoms with van der Waals surface area (Å²) >= 11 is 0. The number of anilines is 2. The molecular weight excluding hydrogens is 544 g/mol. The Morgan fingerprint density at radius 2 is 1.12 bits per heavy atom. The summed E-state index contributed by atoms with van der Waals surface area (Å²) in [5, 5.41) is 0. The second kappa shape index (κ2) is 11.7. The number of imidazole rings is 1. The van der Waals surface area contributed by atoms with Crippen LogP contribution in [0.4, 0.5) is 11.4 Å². The first-order valence-corrected chi connectivity index (χ1v) is 13.7. The molecular formula is C34H28N4O5. The normalized spacial score (nSPS) is 12.6. The third-order valence-electron chi connectivity index (χ3n) is 7.26. The Labute approximate surface area is 246 Å². The number of carbonyl (C=O) groups excluding carboxylic acids is 5. The molecule has 4 aromatic carbocycles. The molecule has 214 valence electrons. The number of fused-ring (bicyclic) bond motifs is 6. The van der Waals surface area contributed by atoms with Gasteiger partial charge in [-0.3, -0.25) is 19.2 Å². The number of aryl methyl sites for hydroxylation is 1. The van der Waals surface area contributed by atoms with Gasteiger partial charge in [0.25, 0.3) is 0 Å². The van der Waals surface area contributed by atoms with Crippen LogP contribution in [0.15, 0.2) is 72.8 Å². The third-order valence-corrected chi connectivity index (χ3v) is 7.26. The van der Waals surface area contributed by atoms with Crippen molar-refractivity contribution in [1.29, 1.82) is 0 Å². The minimum atomic E-state index is -0.245. The van der Waals surface area contributed by atoms with Gasteiger partial charge in [0.15, 0.2) is 23.1 Å². The Kier molecular flexibility index (Phi) is 7.81. The van der Waals surface area contributed by atoms with Gasteiger partial charge < -0.3 is 21.2 Å². The Morgan fingerprint density at radius 3 is 1.63 bits per heavy atom. The van der Waals surface area contributed by atoms with Crippen LogP contribution in [0, 0.1) is 0 Å². The lowest BCUT2D eigenvalue weighted by Crippen LogP contribution is -2.22. The third kappa shape index (κ3) is 4.91. The lowest BCUT2D eigenvalue weighted by atomic mass is 9.83. The van der Waals surface area contributed by atoms with Gasteiger partial charge in [-0.1, -0.05) is 62.4 Å². The predicted octanol–water partition coefficient (Wildman–Crippen LogP) is 5.12. The maximum absolute atomic E-state index is 12.8. The van der Waals surface area contributed by atoms with E-state index in [1.54, 1.807) is 66.7 Å². The van der Waals surface area contributed by atoms with Crippen LogP contribution in [-0.2, 0) is 11.2 Å². The molecule has 5 aromatic rings. The zero-order valence-electron chi connectivity index (χ0n) is 23.6. The molecule has 1 heterocycles. The number of H-pyrrole nitrogens is 1. The minimum absolute atomic E-state index is 0.108. The smallest absolute Gasteiger partial charge is 0.196 e. The fraction of sp³-hybridized carbons (Fsp3) is 0.118. The molecule has 0 unspecified atom stereocenters. The Hall–Kier alpha value is -5.70. The molecule has 0 fully saturated rings. The van der Waals surface area contributed by atoms with Crippen molar-refractivity contribution >= 4 is 51.8 Å². The summed E-state index contributed by atoms with van der Waals surface area (Å²) in [6, 6.07) is 20.3. The molecule has 2 aliphatic rings. The predicted molar refractivity (Wildman–Crippen MR) is 164 cm³/mol. The highest BCUT2D eigenvalue weighted by atomic mass is 16.1. The van der Waals surface area contributed by atoms with E-state index in [2.05, 4.69) is 9.97 Å². The second-order valence-electron chi connectivity index (χ2n) is 9.89. The van der Waals surface area contributed by atoms with Gasteiger partial charge in [0, 0.05) is 46.2 Å². The fourth-order valence-electron chi connectivity index (χ4n) is 5.10. The van der Waals surface area contributed by atoms with Gasteiger partial charge in [-0.05, 0) is 24.3 Å². The van der Waals surface area contributed by atoms with Gasteiger partial charge in [-0.25, -0.2) is 4.98 Å². The number of aldehydes is 1. The van der Waals surface area contributed by atoms with Gasteiger partial charge in [0.1, 0.15) is 17.6 Å². The standard InChI is InChI=1S/C17H12N2O2.C14H10N2O2.C3H6O/c1-2-13-18-12-8-7-11-14(15(12)19-13)17(21)10-6-4-3-5-9(10)16(11)20;15-10-6-5-9-11(12(10)16)14(18)8-4-2-1-3-7(8)13(9)17;1-2-3-4/h3-8H,2H2,1H3,(H,18,19);1-6H,15-16H2;3H,2H2,1H3. The Bertz CT molecular complexity index is 1970. The Balaban J connectivity index is 0.000000154. The number of hydrogen-bond donors (Lipinski definition) is 3. The number of nitrogens with one attached hydrogen (secondary N) is 1. The summed E-state index contributed by atoms with van der Waals surface area (Å²) in [4.78, 5) is 66.8. The van der Waals surface area contributed by atoms with E-state index in [1.165, 1.54) is 0 Å². The van der Waals surface area contributed by atoms with Crippen molar-refractivity contribution in [1.82, 2.24) is 9.97 Å². The van der Waals surface area contributed by atoms with E-state index in [0.29, 0.717) is 56.6 Å². The number of aromatic nitrogens is 2. The van der Waals surface area contributed by atoms with E-state index in [4.69, 9.17) is 11.5 Å². The highest BCUT2D eigenvalue weighted by Crippen LogP contribution is 2.34. The average molecular weight is 573 g/mol. The van der Waals surface area contributed by atoms with Gasteiger partial charge in [-0.2, -0.15) is 0 Å². The summed E-state index contributed by atoms with van der Waals surface area (Å²) in [5.41, 5.74) is 16.5. The fourth-order valence-corrected chi connectivity index (χ4v) is 5.10. The van der Waals surface area contributed by atoms with Crippen molar-refractivity contribution in [2.75, 3.05) is 11.5 Å². The lowest BCUT2D eigenvalue weighted by Gasteiger charge is -2.19. The van der Waals surface area contributed by atoms with E-state index >= 15 is 0 Å². The zero-order valence-corrected chi connectivity index (χ0v) is 23.6. The van der Waals surface area contributed by atoms with Crippen LogP contribution in [0.1, 0.15) is 89.8 Å². The molecule has 2 aliphatic carbocycles. The number of benzene rings is 4. The van der Waals surface area contributed by atoms with Gasteiger partial charge >= 0.3 is 0 Å². The quantitative estimate of drug-likeness (QED) is 0.190. The molecule has 9 nitrogen and oxygen atoms in total. The first kappa shape index (κ1) is 28.8. The first-order chi connectivity index (χ1) is 20.7. The van der Waals surface area contributed by atoms with Crippen LogP contribution in [0.25, 0.3) is 11.0 Å². The van der Waals surface area contributed by atoms with E-state index in [1.807, 2.05) is 19.9 Å². The number of rotatable bonds is 2. The molecule has 9 heteroatoms. The summed E-state index contributed by atoms with van der Waals surface area (Å²) in [5.74, 6) is 0.150. The van der Waals surface area contributed by atoms with E-state index in [9.17, 15) is 24.0 Å². The number of nitrogen functional groups attached to an aromatic ring is 2. The number of aromatic amines is 1. The number of hydrogen-bond acceptors (Lipinski definition) is 8. The van der Waals surface area contributed by atoms with Crippen molar-refractivity contribution in [2.24, 2.45) is 0 Å². The van der Waals surface area contributed by atoms with Crippen molar-refractivity contribution in [3.8, 4) is 0 Å². The molecule has 0 radical (unpaired) electrons. The summed E-state index contributed by atoms with van der Waals surface area (Å²) in [6.45, 7) is 3.80. The molecule has 0 saturated carbocycles. The molecule has 1 aromatic heterocycles. The monoisotopic (exact) mass is 572 g/mol. The molecule has 0 bridgehead atoms. The summed E-state index contributed by atoms with van der Waals surface area (Å²) in [6.07, 6.45) is 2.27. The number of nitrogens with zero attached hydrogens (tertiary/aromatic N) is 1. The van der Waals surface area contributed by atoms with Crippen LogP contribution < -0.4 is 11.5 Å². The van der Waals surface area contributed by atoms with Crippen molar-refractivity contribution in [3.05, 3.63) is 123 Å². The summed E-state index contributed by atoms with van der Waals surface area (Å²) in [7, 11) is 0. The van der Waals surface area contributed by atoms with Gasteiger partial charge in [0.2, 0.25) is 0 Å². The van der Waals surface area contributed by atoms with E-state index < -0.39 is 0 Å². The van der Waals surface area contributed by atoms with Crippen LogP contribution in [0.5, 0.6) is 0 Å². The van der Waals surface area contributed by atoms with Crippen molar-refractivity contribution < 1.29 is 24.0 Å². The topological polar surface area (TPSA) is 166 Å². The molecule has 0 saturated heterocycles. The molecule has 7 rings (SSSR count).